The molecule has 7 heteroatoms. The highest BCUT2D eigenvalue weighted by atomic mass is 19.1. The first-order valence-corrected chi connectivity index (χ1v) is 10.3. The number of benzene rings is 2. The standard InChI is InChI=1S/C23H25FN4O2/c24-19-6-8-20(9-7-19)26-14-16-27(17-15-26)22(29)10-11-23(30)28-13-12-21(25-28)18-4-2-1-3-5-18/h1-9H,10-17H2. The Morgan fingerprint density at radius 1 is 0.833 bits per heavy atom. The number of hydrazone groups is 1. The predicted molar refractivity (Wildman–Crippen MR) is 114 cm³/mol. The molecule has 4 rings (SSSR count). The van der Waals surface area contributed by atoms with E-state index in [4.69, 9.17) is 0 Å². The molecule has 0 unspecified atom stereocenters. The second-order valence-electron chi connectivity index (χ2n) is 7.52. The molecule has 2 aliphatic heterocycles. The molecule has 2 aromatic carbocycles. The molecule has 30 heavy (non-hydrogen) atoms. The van der Waals surface area contributed by atoms with E-state index in [-0.39, 0.29) is 30.5 Å². The number of carbonyl (C=O) groups excluding carboxylic acids is 2. The number of hydrogen-bond acceptors (Lipinski definition) is 4. The zero-order valence-corrected chi connectivity index (χ0v) is 16.8. The molecule has 1 saturated heterocycles. The minimum atomic E-state index is -0.254. The van der Waals surface area contributed by atoms with E-state index in [2.05, 4.69) is 10.0 Å². The zero-order chi connectivity index (χ0) is 20.9. The van der Waals surface area contributed by atoms with Gasteiger partial charge in [-0.05, 0) is 29.8 Å². The molecule has 0 aliphatic carbocycles. The van der Waals surface area contributed by atoms with Crippen LogP contribution in [0, 0.1) is 5.82 Å². The lowest BCUT2D eigenvalue weighted by Crippen LogP contribution is -2.48. The number of piperazine rings is 1. The maximum Gasteiger partial charge on any atom is 0.243 e. The molecule has 0 aromatic heterocycles. The third kappa shape index (κ3) is 4.67. The Labute approximate surface area is 175 Å². The lowest BCUT2D eigenvalue weighted by Gasteiger charge is -2.36. The summed E-state index contributed by atoms with van der Waals surface area (Å²) in [4.78, 5) is 29.0. The number of halogens is 1. The summed E-state index contributed by atoms with van der Waals surface area (Å²) in [6.45, 7) is 3.16. The summed E-state index contributed by atoms with van der Waals surface area (Å²) in [6.07, 6.45) is 1.10. The van der Waals surface area contributed by atoms with Crippen LogP contribution in [-0.4, -0.2) is 60.2 Å². The van der Waals surface area contributed by atoms with Crippen LogP contribution in [0.15, 0.2) is 59.7 Å². The van der Waals surface area contributed by atoms with Crippen molar-refractivity contribution in [2.24, 2.45) is 5.10 Å². The molecule has 0 saturated carbocycles. The van der Waals surface area contributed by atoms with Gasteiger partial charge in [0.1, 0.15) is 5.82 Å². The van der Waals surface area contributed by atoms with Crippen molar-refractivity contribution in [2.45, 2.75) is 19.3 Å². The average Bonchev–Trinajstić information content (AvgIpc) is 3.29. The van der Waals surface area contributed by atoms with E-state index in [0.717, 1.165) is 23.4 Å². The van der Waals surface area contributed by atoms with Crippen LogP contribution in [0.2, 0.25) is 0 Å². The van der Waals surface area contributed by atoms with Crippen molar-refractivity contribution in [2.75, 3.05) is 37.6 Å². The molecule has 156 valence electrons. The SMILES string of the molecule is O=C(CCC(=O)N1CCC(c2ccccc2)=N1)N1CCN(c2ccc(F)cc2)CC1. The van der Waals surface area contributed by atoms with Gasteiger partial charge in [-0.3, -0.25) is 9.59 Å². The Balaban J connectivity index is 1.24. The Kier molecular flexibility index (Phi) is 6.07. The van der Waals surface area contributed by atoms with Gasteiger partial charge in [0.15, 0.2) is 0 Å². The first-order chi connectivity index (χ1) is 14.6. The summed E-state index contributed by atoms with van der Waals surface area (Å²) >= 11 is 0. The van der Waals surface area contributed by atoms with Gasteiger partial charge in [-0.2, -0.15) is 5.10 Å². The summed E-state index contributed by atoms with van der Waals surface area (Å²) in [5.74, 6) is -0.372. The molecule has 6 nitrogen and oxygen atoms in total. The fourth-order valence-electron chi connectivity index (χ4n) is 3.84. The monoisotopic (exact) mass is 408 g/mol. The molecular formula is C23H25FN4O2. The fraction of sp³-hybridized carbons (Fsp3) is 0.348. The van der Waals surface area contributed by atoms with Crippen molar-refractivity contribution in [3.8, 4) is 0 Å². The van der Waals surface area contributed by atoms with Crippen LogP contribution < -0.4 is 4.90 Å². The van der Waals surface area contributed by atoms with Crippen molar-refractivity contribution in [3.63, 3.8) is 0 Å². The minimum Gasteiger partial charge on any atom is -0.368 e. The summed E-state index contributed by atoms with van der Waals surface area (Å²) in [5, 5.41) is 5.93. The average molecular weight is 408 g/mol. The van der Waals surface area contributed by atoms with Gasteiger partial charge in [0.2, 0.25) is 11.8 Å². The van der Waals surface area contributed by atoms with Crippen LogP contribution in [0.5, 0.6) is 0 Å². The second kappa shape index (κ2) is 9.07. The Hall–Kier alpha value is -3.22. The summed E-state index contributed by atoms with van der Waals surface area (Å²) < 4.78 is 13.1. The normalized spacial score (nSPS) is 16.6. The topological polar surface area (TPSA) is 56.2 Å². The molecule has 0 spiro atoms. The molecule has 2 aliphatic rings. The van der Waals surface area contributed by atoms with E-state index in [0.29, 0.717) is 32.7 Å². The van der Waals surface area contributed by atoms with Gasteiger partial charge in [0.05, 0.1) is 12.3 Å². The van der Waals surface area contributed by atoms with Crippen molar-refractivity contribution in [1.82, 2.24) is 9.91 Å². The van der Waals surface area contributed by atoms with Gasteiger partial charge in [-0.1, -0.05) is 30.3 Å². The van der Waals surface area contributed by atoms with Crippen LogP contribution in [0.3, 0.4) is 0 Å². The van der Waals surface area contributed by atoms with E-state index in [1.54, 1.807) is 17.0 Å². The number of nitrogens with zero attached hydrogens (tertiary/aromatic N) is 4. The van der Waals surface area contributed by atoms with Crippen LogP contribution in [0.25, 0.3) is 0 Å². The molecule has 1 fully saturated rings. The minimum absolute atomic E-state index is 0.00596. The molecular weight excluding hydrogens is 383 g/mol. The van der Waals surface area contributed by atoms with Gasteiger partial charge in [-0.15, -0.1) is 0 Å². The number of anilines is 1. The van der Waals surface area contributed by atoms with Crippen LogP contribution in [0.4, 0.5) is 10.1 Å². The number of hydrogen-bond donors (Lipinski definition) is 0. The summed E-state index contributed by atoms with van der Waals surface area (Å²) in [5.41, 5.74) is 2.90. The van der Waals surface area contributed by atoms with Crippen LogP contribution in [-0.2, 0) is 9.59 Å². The smallest absolute Gasteiger partial charge is 0.243 e. The van der Waals surface area contributed by atoms with Crippen molar-refractivity contribution in [3.05, 3.63) is 66.0 Å². The van der Waals surface area contributed by atoms with Crippen molar-refractivity contribution < 1.29 is 14.0 Å². The van der Waals surface area contributed by atoms with E-state index < -0.39 is 0 Å². The van der Waals surface area contributed by atoms with E-state index in [1.807, 2.05) is 30.3 Å². The molecule has 0 bridgehead atoms. The maximum absolute atomic E-state index is 13.1. The predicted octanol–water partition coefficient (Wildman–Crippen LogP) is 2.89. The first kappa shape index (κ1) is 20.1. The van der Waals surface area contributed by atoms with E-state index in [9.17, 15) is 14.0 Å². The lowest BCUT2D eigenvalue weighted by atomic mass is 10.1. The molecule has 2 aromatic rings. The summed E-state index contributed by atoms with van der Waals surface area (Å²) in [6, 6.07) is 16.2. The van der Waals surface area contributed by atoms with Gasteiger partial charge in [0.25, 0.3) is 0 Å². The largest absolute Gasteiger partial charge is 0.368 e. The Morgan fingerprint density at radius 3 is 2.20 bits per heavy atom. The highest BCUT2D eigenvalue weighted by Crippen LogP contribution is 2.18. The Bertz CT molecular complexity index is 922. The van der Waals surface area contributed by atoms with Gasteiger partial charge < -0.3 is 9.80 Å². The number of rotatable bonds is 5. The van der Waals surface area contributed by atoms with E-state index >= 15 is 0 Å². The Morgan fingerprint density at radius 2 is 1.50 bits per heavy atom. The van der Waals surface area contributed by atoms with Gasteiger partial charge in [0, 0.05) is 51.1 Å². The highest BCUT2D eigenvalue weighted by molar-refractivity contribution is 6.02. The lowest BCUT2D eigenvalue weighted by molar-refractivity contribution is -0.137. The number of carbonyl (C=O) groups is 2. The van der Waals surface area contributed by atoms with E-state index in [1.165, 1.54) is 17.1 Å². The fourth-order valence-corrected chi connectivity index (χ4v) is 3.84. The van der Waals surface area contributed by atoms with Gasteiger partial charge >= 0.3 is 0 Å². The van der Waals surface area contributed by atoms with Crippen LogP contribution >= 0.6 is 0 Å². The van der Waals surface area contributed by atoms with Crippen molar-refractivity contribution >= 4 is 23.2 Å². The first-order valence-electron chi connectivity index (χ1n) is 10.3. The maximum atomic E-state index is 13.1. The molecule has 0 atom stereocenters. The molecule has 0 radical (unpaired) electrons. The number of amides is 2. The quantitative estimate of drug-likeness (QED) is 0.765. The zero-order valence-electron chi connectivity index (χ0n) is 16.8. The second-order valence-corrected chi connectivity index (χ2v) is 7.52. The van der Waals surface area contributed by atoms with Gasteiger partial charge in [-0.25, -0.2) is 9.40 Å². The van der Waals surface area contributed by atoms with Crippen molar-refractivity contribution in [1.29, 1.82) is 0 Å². The third-order valence-electron chi connectivity index (χ3n) is 5.57. The molecule has 2 heterocycles. The molecule has 0 N–H and O–H groups in total. The highest BCUT2D eigenvalue weighted by Gasteiger charge is 2.25. The summed E-state index contributed by atoms with van der Waals surface area (Å²) in [7, 11) is 0. The third-order valence-corrected chi connectivity index (χ3v) is 5.57. The molecule has 2 amide bonds. The van der Waals surface area contributed by atoms with Crippen LogP contribution in [0.1, 0.15) is 24.8 Å².